The van der Waals surface area contributed by atoms with Crippen LogP contribution in [0.5, 0.6) is 0 Å². The summed E-state index contributed by atoms with van der Waals surface area (Å²) in [6.07, 6.45) is 4.36. The fourth-order valence-electron chi connectivity index (χ4n) is 2.90. The van der Waals surface area contributed by atoms with Crippen molar-refractivity contribution < 1.29 is 0 Å². The number of hydrogen-bond acceptors (Lipinski definition) is 3. The molecule has 19 heavy (non-hydrogen) atoms. The summed E-state index contributed by atoms with van der Waals surface area (Å²) in [5.74, 6) is 0.702. The maximum atomic E-state index is 8.68. The standard InChI is InChI=1S/C16H31N3/c1-14(2)15(19-10-5-6-11-19)12-18-13-16(3,4)8-7-9-17/h14-15,18H,5-8,10-13H2,1-4H3. The van der Waals surface area contributed by atoms with E-state index in [4.69, 9.17) is 5.26 Å². The summed E-state index contributed by atoms with van der Waals surface area (Å²) < 4.78 is 0. The fraction of sp³-hybridized carbons (Fsp3) is 0.938. The zero-order valence-corrected chi connectivity index (χ0v) is 13.2. The number of rotatable bonds is 8. The third kappa shape index (κ3) is 5.93. The van der Waals surface area contributed by atoms with Crippen molar-refractivity contribution in [3.05, 3.63) is 0 Å². The van der Waals surface area contributed by atoms with E-state index in [-0.39, 0.29) is 5.41 Å². The van der Waals surface area contributed by atoms with Crippen LogP contribution in [0.2, 0.25) is 0 Å². The number of likely N-dealkylation sites (tertiary alicyclic amines) is 1. The van der Waals surface area contributed by atoms with Crippen LogP contribution in [0.3, 0.4) is 0 Å². The molecule has 110 valence electrons. The lowest BCUT2D eigenvalue weighted by atomic mass is 9.88. The Morgan fingerprint density at radius 1 is 1.26 bits per heavy atom. The van der Waals surface area contributed by atoms with Gasteiger partial charge in [-0.05, 0) is 43.7 Å². The Labute approximate surface area is 119 Å². The minimum absolute atomic E-state index is 0.224. The molecule has 0 bridgehead atoms. The smallest absolute Gasteiger partial charge is 0.0621 e. The molecule has 1 aliphatic heterocycles. The van der Waals surface area contributed by atoms with E-state index in [1.54, 1.807) is 0 Å². The second-order valence-electron chi connectivity index (χ2n) is 7.01. The minimum Gasteiger partial charge on any atom is -0.315 e. The predicted octanol–water partition coefficient (Wildman–Crippen LogP) is 3.03. The van der Waals surface area contributed by atoms with Crippen molar-refractivity contribution in [2.45, 2.75) is 59.4 Å². The van der Waals surface area contributed by atoms with Gasteiger partial charge in [-0.2, -0.15) is 5.26 Å². The lowest BCUT2D eigenvalue weighted by Crippen LogP contribution is -2.46. The number of nitriles is 1. The van der Waals surface area contributed by atoms with Gasteiger partial charge in [-0.15, -0.1) is 0 Å². The average molecular weight is 265 g/mol. The average Bonchev–Trinajstić information content (AvgIpc) is 2.85. The van der Waals surface area contributed by atoms with Gasteiger partial charge in [-0.3, -0.25) is 4.90 Å². The van der Waals surface area contributed by atoms with Gasteiger partial charge in [-0.25, -0.2) is 0 Å². The summed E-state index contributed by atoms with van der Waals surface area (Å²) in [6.45, 7) is 13.8. The largest absolute Gasteiger partial charge is 0.315 e. The molecule has 0 aromatic rings. The Morgan fingerprint density at radius 2 is 1.89 bits per heavy atom. The molecule has 1 N–H and O–H groups in total. The molecule has 0 saturated carbocycles. The highest BCUT2D eigenvalue weighted by Crippen LogP contribution is 2.21. The number of nitrogens with zero attached hydrogens (tertiary/aromatic N) is 2. The van der Waals surface area contributed by atoms with Crippen LogP contribution in [-0.4, -0.2) is 37.1 Å². The van der Waals surface area contributed by atoms with Crippen LogP contribution < -0.4 is 5.32 Å². The molecule has 0 aliphatic carbocycles. The first-order valence-electron chi connectivity index (χ1n) is 7.78. The highest BCUT2D eigenvalue weighted by molar-refractivity contribution is 4.83. The summed E-state index contributed by atoms with van der Waals surface area (Å²) in [6, 6.07) is 2.91. The molecule has 0 spiro atoms. The van der Waals surface area contributed by atoms with Crippen LogP contribution in [0.4, 0.5) is 0 Å². The summed E-state index contributed by atoms with van der Waals surface area (Å²) in [5.41, 5.74) is 0.224. The van der Waals surface area contributed by atoms with Gasteiger partial charge in [0.1, 0.15) is 0 Å². The molecule has 1 saturated heterocycles. The van der Waals surface area contributed by atoms with Crippen LogP contribution in [0.25, 0.3) is 0 Å². The molecule has 3 nitrogen and oxygen atoms in total. The molecule has 1 aliphatic rings. The van der Waals surface area contributed by atoms with Crippen molar-refractivity contribution in [2.24, 2.45) is 11.3 Å². The second-order valence-corrected chi connectivity index (χ2v) is 7.01. The lowest BCUT2D eigenvalue weighted by molar-refractivity contribution is 0.179. The van der Waals surface area contributed by atoms with Crippen molar-refractivity contribution in [2.75, 3.05) is 26.2 Å². The highest BCUT2D eigenvalue weighted by Gasteiger charge is 2.25. The molecule has 1 heterocycles. The Bertz CT molecular complexity index is 285. The molecule has 0 radical (unpaired) electrons. The van der Waals surface area contributed by atoms with E-state index in [9.17, 15) is 0 Å². The molecular weight excluding hydrogens is 234 g/mol. The molecule has 1 rings (SSSR count). The first kappa shape index (κ1) is 16.5. The van der Waals surface area contributed by atoms with Crippen LogP contribution in [0.1, 0.15) is 53.4 Å². The van der Waals surface area contributed by atoms with Gasteiger partial charge in [0.05, 0.1) is 6.07 Å². The quantitative estimate of drug-likeness (QED) is 0.733. The molecule has 0 aromatic heterocycles. The molecule has 1 unspecified atom stereocenters. The van der Waals surface area contributed by atoms with Gasteiger partial charge in [0, 0.05) is 25.6 Å². The van der Waals surface area contributed by atoms with Gasteiger partial charge < -0.3 is 5.32 Å². The highest BCUT2D eigenvalue weighted by atomic mass is 15.2. The maximum absolute atomic E-state index is 8.68. The van der Waals surface area contributed by atoms with Gasteiger partial charge in [-0.1, -0.05) is 27.7 Å². The Balaban J connectivity index is 2.34. The molecule has 1 atom stereocenters. The predicted molar refractivity (Wildman–Crippen MR) is 80.9 cm³/mol. The van der Waals surface area contributed by atoms with E-state index < -0.39 is 0 Å². The fourth-order valence-corrected chi connectivity index (χ4v) is 2.90. The van der Waals surface area contributed by atoms with Crippen LogP contribution in [0, 0.1) is 22.7 Å². The van der Waals surface area contributed by atoms with E-state index in [2.05, 4.69) is 44.0 Å². The van der Waals surface area contributed by atoms with Crippen molar-refractivity contribution >= 4 is 0 Å². The van der Waals surface area contributed by atoms with E-state index in [1.165, 1.54) is 25.9 Å². The second kappa shape index (κ2) is 7.87. The summed E-state index contributed by atoms with van der Waals surface area (Å²) in [5, 5.41) is 12.3. The van der Waals surface area contributed by atoms with Crippen molar-refractivity contribution in [1.82, 2.24) is 10.2 Å². The molecular formula is C16H31N3. The lowest BCUT2D eigenvalue weighted by Gasteiger charge is -2.33. The third-order valence-electron chi connectivity index (χ3n) is 4.25. The van der Waals surface area contributed by atoms with Gasteiger partial charge >= 0.3 is 0 Å². The van der Waals surface area contributed by atoms with Crippen LogP contribution in [0.15, 0.2) is 0 Å². The van der Waals surface area contributed by atoms with Crippen molar-refractivity contribution in [1.29, 1.82) is 5.26 Å². The maximum Gasteiger partial charge on any atom is 0.0621 e. The first-order chi connectivity index (χ1) is 8.96. The first-order valence-corrected chi connectivity index (χ1v) is 7.78. The minimum atomic E-state index is 0.224. The zero-order valence-electron chi connectivity index (χ0n) is 13.2. The molecule has 3 heteroatoms. The third-order valence-corrected chi connectivity index (χ3v) is 4.25. The van der Waals surface area contributed by atoms with Crippen LogP contribution in [-0.2, 0) is 0 Å². The Morgan fingerprint density at radius 3 is 2.42 bits per heavy atom. The Hall–Kier alpha value is -0.590. The van der Waals surface area contributed by atoms with Crippen molar-refractivity contribution in [3.8, 4) is 6.07 Å². The van der Waals surface area contributed by atoms with Gasteiger partial charge in [0.25, 0.3) is 0 Å². The van der Waals surface area contributed by atoms with Gasteiger partial charge in [0.2, 0.25) is 0 Å². The molecule has 0 amide bonds. The molecule has 1 fully saturated rings. The van der Waals surface area contributed by atoms with E-state index in [0.29, 0.717) is 18.4 Å². The van der Waals surface area contributed by atoms with Crippen LogP contribution >= 0.6 is 0 Å². The topological polar surface area (TPSA) is 39.1 Å². The SMILES string of the molecule is CC(C)C(CNCC(C)(C)CCC#N)N1CCCC1. The Kier molecular flexibility index (Phi) is 6.82. The summed E-state index contributed by atoms with van der Waals surface area (Å²) in [7, 11) is 0. The summed E-state index contributed by atoms with van der Waals surface area (Å²) >= 11 is 0. The monoisotopic (exact) mass is 265 g/mol. The van der Waals surface area contributed by atoms with E-state index in [1.807, 2.05) is 0 Å². The van der Waals surface area contributed by atoms with Crippen molar-refractivity contribution in [3.63, 3.8) is 0 Å². The zero-order chi connectivity index (χ0) is 14.3. The van der Waals surface area contributed by atoms with Gasteiger partial charge in [0.15, 0.2) is 0 Å². The van der Waals surface area contributed by atoms with E-state index >= 15 is 0 Å². The van der Waals surface area contributed by atoms with E-state index in [0.717, 1.165) is 19.5 Å². The normalized spacial score (nSPS) is 18.7. The number of nitrogens with one attached hydrogen (secondary N) is 1. The number of hydrogen-bond donors (Lipinski definition) is 1. The summed E-state index contributed by atoms with van der Waals surface area (Å²) in [4.78, 5) is 2.64. The molecule has 0 aromatic carbocycles.